The van der Waals surface area contributed by atoms with Crippen LogP contribution in [-0.4, -0.2) is 46.5 Å². The molecular weight excluding hydrogens is 402 g/mol. The quantitative estimate of drug-likeness (QED) is 0.475. The van der Waals surface area contributed by atoms with Crippen LogP contribution >= 0.6 is 46.4 Å². The standard InChI is InChI=1S/C14H12Cl4N2O4/c15-7-8(16)12(22)19(11(7)21)5-3-1-2-4-6-20-13(23)9(17)10(18)14(20)24/h1-6H2. The monoisotopic (exact) mass is 412 g/mol. The number of hydrogen-bond donors (Lipinski definition) is 0. The highest BCUT2D eigenvalue weighted by Gasteiger charge is 2.37. The molecule has 0 aliphatic carbocycles. The molecule has 6 nitrogen and oxygen atoms in total. The Bertz CT molecular complexity index is 580. The third-order valence-corrected chi connectivity index (χ3v) is 5.23. The second-order valence-electron chi connectivity index (χ2n) is 5.19. The maximum atomic E-state index is 11.7. The number of nitrogens with zero attached hydrogens (tertiary/aromatic N) is 2. The summed E-state index contributed by atoms with van der Waals surface area (Å²) in [6.45, 7) is 0.426. The molecule has 2 aliphatic heterocycles. The summed E-state index contributed by atoms with van der Waals surface area (Å²) in [7, 11) is 0. The second kappa shape index (κ2) is 7.87. The average molecular weight is 414 g/mol. The largest absolute Gasteiger partial charge is 0.274 e. The molecule has 4 amide bonds. The van der Waals surface area contributed by atoms with E-state index in [2.05, 4.69) is 0 Å². The Kier molecular flexibility index (Phi) is 6.31. The Hall–Kier alpha value is -1.08. The fraction of sp³-hybridized carbons (Fsp3) is 0.429. The van der Waals surface area contributed by atoms with E-state index in [1.807, 2.05) is 0 Å². The number of imide groups is 2. The van der Waals surface area contributed by atoms with Gasteiger partial charge in [0.1, 0.15) is 20.1 Å². The molecule has 0 radical (unpaired) electrons. The number of carbonyl (C=O) groups excluding carboxylic acids is 4. The van der Waals surface area contributed by atoms with Crippen LogP contribution in [0.25, 0.3) is 0 Å². The van der Waals surface area contributed by atoms with E-state index in [9.17, 15) is 19.2 Å². The third kappa shape index (κ3) is 3.61. The van der Waals surface area contributed by atoms with Crippen LogP contribution in [0.3, 0.4) is 0 Å². The molecule has 24 heavy (non-hydrogen) atoms. The molecule has 0 unspecified atom stereocenters. The number of rotatable bonds is 7. The van der Waals surface area contributed by atoms with Crippen molar-refractivity contribution in [2.75, 3.05) is 13.1 Å². The van der Waals surface area contributed by atoms with E-state index in [-0.39, 0.29) is 33.2 Å². The fourth-order valence-corrected chi connectivity index (χ4v) is 3.06. The van der Waals surface area contributed by atoms with Crippen LogP contribution in [0.1, 0.15) is 25.7 Å². The fourth-order valence-electron chi connectivity index (χ4n) is 2.33. The highest BCUT2D eigenvalue weighted by Crippen LogP contribution is 2.28. The maximum Gasteiger partial charge on any atom is 0.274 e. The highest BCUT2D eigenvalue weighted by atomic mass is 35.5. The Morgan fingerprint density at radius 3 is 1.00 bits per heavy atom. The Balaban J connectivity index is 1.67. The van der Waals surface area contributed by atoms with Crippen molar-refractivity contribution in [2.24, 2.45) is 0 Å². The van der Waals surface area contributed by atoms with Gasteiger partial charge in [0.05, 0.1) is 0 Å². The van der Waals surface area contributed by atoms with Gasteiger partial charge in [0, 0.05) is 13.1 Å². The Morgan fingerprint density at radius 2 is 0.750 bits per heavy atom. The third-order valence-electron chi connectivity index (χ3n) is 3.63. The lowest BCUT2D eigenvalue weighted by Gasteiger charge is -2.15. The summed E-state index contributed by atoms with van der Waals surface area (Å²) in [6.07, 6.45) is 2.51. The van der Waals surface area contributed by atoms with E-state index < -0.39 is 23.6 Å². The predicted molar refractivity (Wildman–Crippen MR) is 89.4 cm³/mol. The first-order chi connectivity index (χ1) is 11.3. The summed E-state index contributed by atoms with van der Waals surface area (Å²) in [5, 5.41) is -1.02. The number of carbonyl (C=O) groups is 4. The first kappa shape index (κ1) is 19.2. The van der Waals surface area contributed by atoms with Crippen LogP contribution < -0.4 is 0 Å². The lowest BCUT2D eigenvalue weighted by molar-refractivity contribution is -0.138. The van der Waals surface area contributed by atoms with Gasteiger partial charge in [0.25, 0.3) is 23.6 Å². The number of halogens is 4. The summed E-state index contributed by atoms with van der Waals surface area (Å²) >= 11 is 22.5. The molecule has 0 aromatic rings. The minimum absolute atomic E-state index is 0.213. The van der Waals surface area contributed by atoms with Crippen molar-refractivity contribution in [2.45, 2.75) is 25.7 Å². The van der Waals surface area contributed by atoms with Gasteiger partial charge in [-0.1, -0.05) is 59.2 Å². The van der Waals surface area contributed by atoms with Crippen molar-refractivity contribution in [3.05, 3.63) is 20.1 Å². The first-order valence-corrected chi connectivity index (χ1v) is 8.61. The zero-order chi connectivity index (χ0) is 18.0. The second-order valence-corrected chi connectivity index (χ2v) is 6.71. The van der Waals surface area contributed by atoms with Gasteiger partial charge in [-0.15, -0.1) is 0 Å². The molecule has 0 saturated carbocycles. The van der Waals surface area contributed by atoms with Gasteiger partial charge < -0.3 is 0 Å². The SMILES string of the molecule is O=C1C(Cl)=C(Cl)C(=O)N1CCCCCCN1C(=O)C(Cl)=C(Cl)C1=O. The number of unbranched alkanes of at least 4 members (excludes halogenated alkanes) is 3. The summed E-state index contributed by atoms with van der Waals surface area (Å²) < 4.78 is 0. The number of hydrogen-bond acceptors (Lipinski definition) is 4. The summed E-state index contributed by atoms with van der Waals surface area (Å²) in [6, 6.07) is 0. The van der Waals surface area contributed by atoms with E-state index in [0.29, 0.717) is 25.7 Å². The van der Waals surface area contributed by atoms with Gasteiger partial charge in [-0.05, 0) is 12.8 Å². The molecule has 0 bridgehead atoms. The molecular formula is C14H12Cl4N2O4. The van der Waals surface area contributed by atoms with Gasteiger partial charge in [-0.2, -0.15) is 0 Å². The van der Waals surface area contributed by atoms with E-state index in [1.54, 1.807) is 0 Å². The van der Waals surface area contributed by atoms with E-state index in [4.69, 9.17) is 46.4 Å². The minimum Gasteiger partial charge on any atom is -0.273 e. The van der Waals surface area contributed by atoms with Gasteiger partial charge in [-0.25, -0.2) is 0 Å². The van der Waals surface area contributed by atoms with Gasteiger partial charge >= 0.3 is 0 Å². The smallest absolute Gasteiger partial charge is 0.273 e. The summed E-state index contributed by atoms with van der Waals surface area (Å²) in [4.78, 5) is 48.7. The molecule has 0 aromatic carbocycles. The molecule has 2 aliphatic rings. The molecule has 0 aromatic heterocycles. The lowest BCUT2D eigenvalue weighted by atomic mass is 10.2. The van der Waals surface area contributed by atoms with Crippen LogP contribution in [-0.2, 0) is 19.2 Å². The van der Waals surface area contributed by atoms with Crippen molar-refractivity contribution in [1.82, 2.24) is 9.80 Å². The van der Waals surface area contributed by atoms with Crippen molar-refractivity contribution < 1.29 is 19.2 Å². The number of amides is 4. The molecule has 2 rings (SSSR count). The highest BCUT2D eigenvalue weighted by molar-refractivity contribution is 6.58. The summed E-state index contributed by atoms with van der Waals surface area (Å²) in [5.74, 6) is -2.35. The van der Waals surface area contributed by atoms with Gasteiger partial charge in [-0.3, -0.25) is 29.0 Å². The van der Waals surface area contributed by atoms with Gasteiger partial charge in [0.2, 0.25) is 0 Å². The maximum absolute atomic E-state index is 11.7. The topological polar surface area (TPSA) is 74.8 Å². The molecule has 0 N–H and O–H groups in total. The Labute approximate surface area is 157 Å². The van der Waals surface area contributed by atoms with E-state index in [0.717, 1.165) is 9.80 Å². The predicted octanol–water partition coefficient (Wildman–Crippen LogP) is 2.66. The van der Waals surface area contributed by atoms with Crippen LogP contribution in [0.5, 0.6) is 0 Å². The van der Waals surface area contributed by atoms with E-state index in [1.165, 1.54) is 0 Å². The molecule has 0 saturated heterocycles. The van der Waals surface area contributed by atoms with Crippen molar-refractivity contribution in [1.29, 1.82) is 0 Å². The molecule has 10 heteroatoms. The van der Waals surface area contributed by atoms with Crippen LogP contribution in [0.15, 0.2) is 20.1 Å². The molecule has 0 atom stereocenters. The van der Waals surface area contributed by atoms with Crippen LogP contribution in [0.4, 0.5) is 0 Å². The van der Waals surface area contributed by atoms with Crippen LogP contribution in [0, 0.1) is 0 Å². The lowest BCUT2D eigenvalue weighted by Crippen LogP contribution is -2.32. The van der Waals surface area contributed by atoms with E-state index >= 15 is 0 Å². The minimum atomic E-state index is -0.588. The zero-order valence-electron chi connectivity index (χ0n) is 12.3. The Morgan fingerprint density at radius 1 is 0.500 bits per heavy atom. The van der Waals surface area contributed by atoms with Crippen LogP contribution in [0.2, 0.25) is 0 Å². The van der Waals surface area contributed by atoms with Crippen molar-refractivity contribution in [3.8, 4) is 0 Å². The molecule has 0 spiro atoms. The van der Waals surface area contributed by atoms with Crippen molar-refractivity contribution in [3.63, 3.8) is 0 Å². The average Bonchev–Trinajstić information content (AvgIpc) is 2.86. The normalized spacial score (nSPS) is 18.8. The molecule has 0 fully saturated rings. The first-order valence-electron chi connectivity index (χ1n) is 7.10. The van der Waals surface area contributed by atoms with Crippen molar-refractivity contribution >= 4 is 70.0 Å². The molecule has 2 heterocycles. The van der Waals surface area contributed by atoms with Gasteiger partial charge in [0.15, 0.2) is 0 Å². The summed E-state index contributed by atoms with van der Waals surface area (Å²) in [5.41, 5.74) is 0. The zero-order valence-corrected chi connectivity index (χ0v) is 15.3. The molecule has 130 valence electrons.